The summed E-state index contributed by atoms with van der Waals surface area (Å²) in [6.07, 6.45) is -4.52. The molecule has 1 unspecified atom stereocenters. The number of hydrogen-bond acceptors (Lipinski definition) is 2. The van der Waals surface area contributed by atoms with E-state index >= 15 is 0 Å². The first-order valence-electron chi connectivity index (χ1n) is 4.02. The highest BCUT2D eigenvalue weighted by molar-refractivity contribution is 6.30. The molecule has 0 aromatic heterocycles. The van der Waals surface area contributed by atoms with Crippen LogP contribution in [0.4, 0.5) is 13.2 Å². The van der Waals surface area contributed by atoms with Gasteiger partial charge in [-0.1, -0.05) is 11.6 Å². The van der Waals surface area contributed by atoms with Crippen LogP contribution < -0.4 is 10.5 Å². The van der Waals surface area contributed by atoms with E-state index in [9.17, 15) is 13.2 Å². The van der Waals surface area contributed by atoms with Crippen molar-refractivity contribution in [2.24, 2.45) is 5.73 Å². The molecule has 2 N–H and O–H groups in total. The minimum Gasteiger partial charge on any atom is -0.496 e. The third kappa shape index (κ3) is 2.76. The van der Waals surface area contributed by atoms with E-state index in [1.807, 2.05) is 0 Å². The maximum atomic E-state index is 12.4. The van der Waals surface area contributed by atoms with Gasteiger partial charge in [0.05, 0.1) is 7.11 Å². The molecule has 0 saturated heterocycles. The van der Waals surface area contributed by atoms with Gasteiger partial charge in [-0.3, -0.25) is 0 Å². The summed E-state index contributed by atoms with van der Waals surface area (Å²) in [5.41, 5.74) is 4.88. The molecule has 1 aromatic rings. The van der Waals surface area contributed by atoms with Crippen molar-refractivity contribution in [2.75, 3.05) is 7.11 Å². The molecule has 2 nitrogen and oxygen atoms in total. The van der Waals surface area contributed by atoms with Crippen molar-refractivity contribution in [3.63, 3.8) is 0 Å². The van der Waals surface area contributed by atoms with Gasteiger partial charge in [0.15, 0.2) is 0 Å². The maximum Gasteiger partial charge on any atom is 0.407 e. The smallest absolute Gasteiger partial charge is 0.407 e. The molecule has 0 heterocycles. The topological polar surface area (TPSA) is 35.2 Å². The number of rotatable bonds is 2. The van der Waals surface area contributed by atoms with Crippen LogP contribution in [0.1, 0.15) is 11.6 Å². The Morgan fingerprint density at radius 3 is 2.47 bits per heavy atom. The highest BCUT2D eigenvalue weighted by Crippen LogP contribution is 2.36. The maximum absolute atomic E-state index is 12.4. The summed E-state index contributed by atoms with van der Waals surface area (Å²) in [6, 6.07) is 1.85. The van der Waals surface area contributed by atoms with Crippen molar-refractivity contribution in [2.45, 2.75) is 12.2 Å². The van der Waals surface area contributed by atoms with Gasteiger partial charge in [0.1, 0.15) is 11.8 Å². The molecule has 1 rings (SSSR count). The monoisotopic (exact) mass is 239 g/mol. The Morgan fingerprint density at radius 1 is 1.40 bits per heavy atom. The van der Waals surface area contributed by atoms with Crippen molar-refractivity contribution in [3.8, 4) is 5.75 Å². The summed E-state index contributed by atoms with van der Waals surface area (Å²) in [6.45, 7) is 0. The molecule has 0 bridgehead atoms. The fourth-order valence-corrected chi connectivity index (χ4v) is 1.31. The van der Waals surface area contributed by atoms with Gasteiger partial charge in [-0.05, 0) is 18.2 Å². The van der Waals surface area contributed by atoms with Gasteiger partial charge in [0.25, 0.3) is 0 Å². The van der Waals surface area contributed by atoms with Crippen LogP contribution in [-0.2, 0) is 0 Å². The molecule has 1 atom stereocenters. The zero-order chi connectivity index (χ0) is 11.6. The Bertz CT molecular complexity index is 354. The van der Waals surface area contributed by atoms with Gasteiger partial charge in [0, 0.05) is 10.6 Å². The molecule has 84 valence electrons. The average molecular weight is 240 g/mol. The van der Waals surface area contributed by atoms with Crippen molar-refractivity contribution in [1.82, 2.24) is 0 Å². The standard InChI is InChI=1S/C9H9ClF3NO/c1-15-7-3-2-5(10)4-6(7)8(14)9(11,12)13/h2-4,8H,14H2,1H3. The van der Waals surface area contributed by atoms with Crippen LogP contribution in [0, 0.1) is 0 Å². The van der Waals surface area contributed by atoms with Crippen LogP contribution in [0.2, 0.25) is 5.02 Å². The molecular formula is C9H9ClF3NO. The van der Waals surface area contributed by atoms with Crippen molar-refractivity contribution in [1.29, 1.82) is 0 Å². The SMILES string of the molecule is COc1ccc(Cl)cc1C(N)C(F)(F)F. The van der Waals surface area contributed by atoms with Gasteiger partial charge in [-0.2, -0.15) is 13.2 Å². The summed E-state index contributed by atoms with van der Waals surface area (Å²) in [7, 11) is 1.27. The zero-order valence-electron chi connectivity index (χ0n) is 7.81. The summed E-state index contributed by atoms with van der Waals surface area (Å²) >= 11 is 5.59. The molecular weight excluding hydrogens is 231 g/mol. The average Bonchev–Trinajstić information content (AvgIpc) is 2.15. The van der Waals surface area contributed by atoms with Gasteiger partial charge < -0.3 is 10.5 Å². The lowest BCUT2D eigenvalue weighted by Crippen LogP contribution is -2.28. The Balaban J connectivity index is 3.17. The lowest BCUT2D eigenvalue weighted by atomic mass is 10.1. The number of ether oxygens (including phenoxy) is 1. The molecule has 0 saturated carbocycles. The lowest BCUT2D eigenvalue weighted by molar-refractivity contribution is -0.149. The van der Waals surface area contributed by atoms with Gasteiger partial charge in [-0.25, -0.2) is 0 Å². The first kappa shape index (κ1) is 12.1. The van der Waals surface area contributed by atoms with Crippen LogP contribution in [0.3, 0.4) is 0 Å². The van der Waals surface area contributed by atoms with E-state index in [2.05, 4.69) is 0 Å². The number of alkyl halides is 3. The van der Waals surface area contributed by atoms with E-state index in [0.717, 1.165) is 6.07 Å². The second kappa shape index (κ2) is 4.28. The van der Waals surface area contributed by atoms with Gasteiger partial charge in [-0.15, -0.1) is 0 Å². The molecule has 0 fully saturated rings. The third-order valence-electron chi connectivity index (χ3n) is 1.88. The Labute approximate surface area is 89.8 Å². The molecule has 0 spiro atoms. The minimum atomic E-state index is -4.52. The van der Waals surface area contributed by atoms with Crippen LogP contribution in [0.25, 0.3) is 0 Å². The van der Waals surface area contributed by atoms with E-state index in [-0.39, 0.29) is 16.3 Å². The Morgan fingerprint density at radius 2 is 2.00 bits per heavy atom. The van der Waals surface area contributed by atoms with Crippen molar-refractivity contribution >= 4 is 11.6 Å². The number of hydrogen-bond donors (Lipinski definition) is 1. The number of nitrogens with two attached hydrogens (primary N) is 1. The predicted molar refractivity (Wildman–Crippen MR) is 51.0 cm³/mol. The highest BCUT2D eigenvalue weighted by atomic mass is 35.5. The van der Waals surface area contributed by atoms with E-state index in [4.69, 9.17) is 22.1 Å². The summed E-state index contributed by atoms with van der Waals surface area (Å²) in [5.74, 6) is 0.0734. The molecule has 15 heavy (non-hydrogen) atoms. The second-order valence-electron chi connectivity index (χ2n) is 2.91. The predicted octanol–water partition coefficient (Wildman–Crippen LogP) is 2.91. The molecule has 0 aliphatic carbocycles. The number of methoxy groups -OCH3 is 1. The number of halogens is 4. The Kier molecular flexibility index (Phi) is 3.46. The molecule has 0 aliphatic rings. The largest absolute Gasteiger partial charge is 0.496 e. The highest BCUT2D eigenvalue weighted by Gasteiger charge is 2.39. The van der Waals surface area contributed by atoms with Gasteiger partial charge in [0.2, 0.25) is 0 Å². The van der Waals surface area contributed by atoms with E-state index in [1.54, 1.807) is 0 Å². The van der Waals surface area contributed by atoms with Crippen LogP contribution in [0.5, 0.6) is 5.75 Å². The number of benzene rings is 1. The Hall–Kier alpha value is -0.940. The quantitative estimate of drug-likeness (QED) is 0.861. The van der Waals surface area contributed by atoms with Crippen LogP contribution in [0.15, 0.2) is 18.2 Å². The fourth-order valence-electron chi connectivity index (χ4n) is 1.12. The molecule has 0 amide bonds. The first-order chi connectivity index (χ1) is 6.86. The summed E-state index contributed by atoms with van der Waals surface area (Å²) < 4.78 is 41.9. The second-order valence-corrected chi connectivity index (χ2v) is 3.34. The summed E-state index contributed by atoms with van der Waals surface area (Å²) in [4.78, 5) is 0. The summed E-state index contributed by atoms with van der Waals surface area (Å²) in [5, 5.41) is 0.186. The molecule has 0 aliphatic heterocycles. The molecule has 6 heteroatoms. The zero-order valence-corrected chi connectivity index (χ0v) is 8.56. The van der Waals surface area contributed by atoms with E-state index < -0.39 is 12.2 Å². The molecule has 1 aromatic carbocycles. The van der Waals surface area contributed by atoms with Crippen molar-refractivity contribution < 1.29 is 17.9 Å². The van der Waals surface area contributed by atoms with E-state index in [0.29, 0.717) is 0 Å². The lowest BCUT2D eigenvalue weighted by Gasteiger charge is -2.18. The van der Waals surface area contributed by atoms with Gasteiger partial charge >= 0.3 is 6.18 Å². The van der Waals surface area contributed by atoms with Crippen LogP contribution >= 0.6 is 11.6 Å². The third-order valence-corrected chi connectivity index (χ3v) is 2.11. The molecule has 0 radical (unpaired) electrons. The minimum absolute atomic E-state index is 0.0734. The van der Waals surface area contributed by atoms with E-state index in [1.165, 1.54) is 19.2 Å². The fraction of sp³-hybridized carbons (Fsp3) is 0.333. The normalized spacial score (nSPS) is 13.7. The first-order valence-corrected chi connectivity index (χ1v) is 4.39. The van der Waals surface area contributed by atoms with Crippen LogP contribution in [-0.4, -0.2) is 13.3 Å². The van der Waals surface area contributed by atoms with Crippen molar-refractivity contribution in [3.05, 3.63) is 28.8 Å².